The number of H-pyrrole nitrogens is 1. The summed E-state index contributed by atoms with van der Waals surface area (Å²) in [4.78, 5) is 11.8. The minimum atomic E-state index is -0.883. The van der Waals surface area contributed by atoms with Crippen molar-refractivity contribution in [3.05, 3.63) is 45.7 Å². The summed E-state index contributed by atoms with van der Waals surface area (Å²) in [5, 5.41) is 19.5. The highest BCUT2D eigenvalue weighted by Crippen LogP contribution is 2.31. The van der Waals surface area contributed by atoms with Crippen LogP contribution in [0.4, 0.5) is 0 Å². The molecule has 1 heterocycles. The zero-order chi connectivity index (χ0) is 16.1. The number of benzene rings is 1. The molecule has 1 amide bonds. The Balaban J connectivity index is 1.81. The normalized spacial score (nSPS) is 12.0. The number of aliphatic hydroxyl groups excluding tert-OH is 1. The number of carbonyl (C=O) groups is 1. The first-order valence-electron chi connectivity index (χ1n) is 6.52. The van der Waals surface area contributed by atoms with Crippen LogP contribution in [0, 0.1) is 6.92 Å². The third-order valence-electron chi connectivity index (χ3n) is 2.92. The number of aromatic nitrogens is 2. The quantitative estimate of drug-likeness (QED) is 0.750. The minimum absolute atomic E-state index is 0.0231. The smallest absolute Gasteiger partial charge is 0.254 e. The van der Waals surface area contributed by atoms with E-state index in [9.17, 15) is 9.90 Å². The summed E-state index contributed by atoms with van der Waals surface area (Å²) in [5.41, 5.74) is 1.10. The Morgan fingerprint density at radius 1 is 1.50 bits per heavy atom. The predicted molar refractivity (Wildman–Crippen MR) is 83.6 cm³/mol. The standard InChI is InChI=1S/C14H15Cl2N3O3/c1-8-10(6-18-19-8)14(21)17-5-9(20)7-22-12-4-2-3-11(15)13(12)16/h2-4,6,9,20H,5,7H2,1H3,(H,17,21)(H,18,19). The molecule has 0 fully saturated rings. The Hall–Kier alpha value is -1.76. The highest BCUT2D eigenvalue weighted by atomic mass is 35.5. The van der Waals surface area contributed by atoms with Gasteiger partial charge in [0.05, 0.1) is 16.8 Å². The van der Waals surface area contributed by atoms with Gasteiger partial charge < -0.3 is 15.2 Å². The van der Waals surface area contributed by atoms with Crippen LogP contribution >= 0.6 is 23.2 Å². The number of nitrogens with one attached hydrogen (secondary N) is 2. The molecule has 0 bridgehead atoms. The summed E-state index contributed by atoms with van der Waals surface area (Å²) >= 11 is 11.8. The highest BCUT2D eigenvalue weighted by molar-refractivity contribution is 6.42. The van der Waals surface area contributed by atoms with Gasteiger partial charge >= 0.3 is 0 Å². The van der Waals surface area contributed by atoms with Gasteiger partial charge in [-0.1, -0.05) is 29.3 Å². The van der Waals surface area contributed by atoms with E-state index in [2.05, 4.69) is 15.5 Å². The average Bonchev–Trinajstić information content (AvgIpc) is 2.92. The Morgan fingerprint density at radius 3 is 2.95 bits per heavy atom. The predicted octanol–water partition coefficient (Wildman–Crippen LogP) is 2.19. The lowest BCUT2D eigenvalue weighted by Crippen LogP contribution is -2.35. The number of aromatic amines is 1. The number of amides is 1. The van der Waals surface area contributed by atoms with Crippen molar-refractivity contribution in [3.63, 3.8) is 0 Å². The molecule has 1 unspecified atom stereocenters. The number of halogens is 2. The van der Waals surface area contributed by atoms with Gasteiger partial charge in [-0.3, -0.25) is 9.89 Å². The maximum Gasteiger partial charge on any atom is 0.254 e. The van der Waals surface area contributed by atoms with Gasteiger partial charge in [-0.2, -0.15) is 5.10 Å². The van der Waals surface area contributed by atoms with E-state index in [1.54, 1.807) is 25.1 Å². The second-order valence-electron chi connectivity index (χ2n) is 4.64. The summed E-state index contributed by atoms with van der Waals surface area (Å²) in [6, 6.07) is 4.98. The number of carbonyl (C=O) groups excluding carboxylic acids is 1. The molecule has 22 heavy (non-hydrogen) atoms. The highest BCUT2D eigenvalue weighted by Gasteiger charge is 2.14. The summed E-state index contributed by atoms with van der Waals surface area (Å²) in [7, 11) is 0. The van der Waals surface area contributed by atoms with E-state index in [0.717, 1.165) is 0 Å². The van der Waals surface area contributed by atoms with E-state index < -0.39 is 6.10 Å². The minimum Gasteiger partial charge on any atom is -0.489 e. The van der Waals surface area contributed by atoms with Crippen molar-refractivity contribution >= 4 is 29.1 Å². The lowest BCUT2D eigenvalue weighted by Gasteiger charge is -2.14. The first kappa shape index (κ1) is 16.6. The molecule has 0 saturated carbocycles. The van der Waals surface area contributed by atoms with Crippen LogP contribution < -0.4 is 10.1 Å². The molecule has 2 aromatic rings. The van der Waals surface area contributed by atoms with Crippen molar-refractivity contribution in [3.8, 4) is 5.75 Å². The van der Waals surface area contributed by atoms with Crippen molar-refractivity contribution < 1.29 is 14.6 Å². The zero-order valence-corrected chi connectivity index (χ0v) is 13.3. The molecule has 6 nitrogen and oxygen atoms in total. The lowest BCUT2D eigenvalue weighted by molar-refractivity contribution is 0.0843. The molecular formula is C14H15Cl2N3O3. The van der Waals surface area contributed by atoms with Crippen LogP contribution in [0.2, 0.25) is 10.0 Å². The van der Waals surface area contributed by atoms with Gasteiger partial charge in [0.2, 0.25) is 0 Å². The SMILES string of the molecule is Cc1[nH]ncc1C(=O)NCC(O)COc1cccc(Cl)c1Cl. The van der Waals surface area contributed by atoms with Gasteiger partial charge in [0.1, 0.15) is 23.5 Å². The van der Waals surface area contributed by atoms with E-state index in [1.807, 2.05) is 0 Å². The molecule has 0 saturated heterocycles. The van der Waals surface area contributed by atoms with Gasteiger partial charge in [0, 0.05) is 12.2 Å². The van der Waals surface area contributed by atoms with E-state index >= 15 is 0 Å². The monoisotopic (exact) mass is 343 g/mol. The van der Waals surface area contributed by atoms with Gasteiger partial charge in [0.25, 0.3) is 5.91 Å². The second-order valence-corrected chi connectivity index (χ2v) is 5.42. The van der Waals surface area contributed by atoms with Crippen molar-refractivity contribution in [2.45, 2.75) is 13.0 Å². The Kier molecular flexibility index (Phi) is 5.65. The first-order valence-corrected chi connectivity index (χ1v) is 7.27. The molecule has 0 aliphatic heterocycles. The van der Waals surface area contributed by atoms with Gasteiger partial charge in [-0.25, -0.2) is 0 Å². The largest absolute Gasteiger partial charge is 0.489 e. The fraction of sp³-hybridized carbons (Fsp3) is 0.286. The molecular weight excluding hydrogens is 329 g/mol. The molecule has 0 aliphatic carbocycles. The maximum absolute atomic E-state index is 11.8. The lowest BCUT2D eigenvalue weighted by atomic mass is 10.2. The van der Waals surface area contributed by atoms with Crippen molar-refractivity contribution in [1.82, 2.24) is 15.5 Å². The molecule has 2 rings (SSSR count). The van der Waals surface area contributed by atoms with Crippen LogP contribution in [0.1, 0.15) is 16.1 Å². The van der Waals surface area contributed by atoms with Gasteiger partial charge in [-0.05, 0) is 19.1 Å². The molecule has 118 valence electrons. The maximum atomic E-state index is 11.8. The fourth-order valence-corrected chi connectivity index (χ4v) is 2.07. The molecule has 1 aromatic heterocycles. The molecule has 8 heteroatoms. The molecule has 0 spiro atoms. The molecule has 0 radical (unpaired) electrons. The van der Waals surface area contributed by atoms with Crippen LogP contribution in [0.15, 0.2) is 24.4 Å². The number of hydrogen-bond acceptors (Lipinski definition) is 4. The van der Waals surface area contributed by atoms with Crippen LogP contribution in [0.3, 0.4) is 0 Å². The topological polar surface area (TPSA) is 87.2 Å². The Labute approximate surface area is 137 Å². The second kappa shape index (κ2) is 7.49. The number of aryl methyl sites for hydroxylation is 1. The average molecular weight is 344 g/mol. The van der Waals surface area contributed by atoms with Gasteiger partial charge in [0.15, 0.2) is 0 Å². The van der Waals surface area contributed by atoms with E-state index in [4.69, 9.17) is 27.9 Å². The number of ether oxygens (including phenoxy) is 1. The van der Waals surface area contributed by atoms with Crippen molar-refractivity contribution in [1.29, 1.82) is 0 Å². The summed E-state index contributed by atoms with van der Waals surface area (Å²) in [6.07, 6.45) is 0.547. The van der Waals surface area contributed by atoms with E-state index in [-0.39, 0.29) is 24.1 Å². The Morgan fingerprint density at radius 2 is 2.27 bits per heavy atom. The van der Waals surface area contributed by atoms with Crippen LogP contribution in [0.5, 0.6) is 5.75 Å². The zero-order valence-electron chi connectivity index (χ0n) is 11.8. The third kappa shape index (κ3) is 4.13. The van der Waals surface area contributed by atoms with Gasteiger partial charge in [-0.15, -0.1) is 0 Å². The van der Waals surface area contributed by atoms with E-state index in [0.29, 0.717) is 22.0 Å². The number of aliphatic hydroxyl groups is 1. The van der Waals surface area contributed by atoms with Crippen molar-refractivity contribution in [2.75, 3.05) is 13.2 Å². The van der Waals surface area contributed by atoms with Crippen LogP contribution in [-0.4, -0.2) is 40.5 Å². The summed E-state index contributed by atoms with van der Waals surface area (Å²) in [5.74, 6) is 0.0660. The molecule has 0 aliphatic rings. The van der Waals surface area contributed by atoms with Crippen LogP contribution in [-0.2, 0) is 0 Å². The fourth-order valence-electron chi connectivity index (χ4n) is 1.73. The molecule has 3 N–H and O–H groups in total. The summed E-state index contributed by atoms with van der Waals surface area (Å²) < 4.78 is 5.39. The number of hydrogen-bond donors (Lipinski definition) is 3. The first-order chi connectivity index (χ1) is 10.5. The van der Waals surface area contributed by atoms with Crippen molar-refractivity contribution in [2.24, 2.45) is 0 Å². The molecule has 1 atom stereocenters. The third-order valence-corrected chi connectivity index (χ3v) is 3.72. The number of nitrogens with zero attached hydrogens (tertiary/aromatic N) is 1. The molecule has 1 aromatic carbocycles. The van der Waals surface area contributed by atoms with E-state index in [1.165, 1.54) is 6.20 Å². The number of rotatable bonds is 6. The Bertz CT molecular complexity index is 661. The summed E-state index contributed by atoms with van der Waals surface area (Å²) in [6.45, 7) is 1.76. The van der Waals surface area contributed by atoms with Crippen LogP contribution in [0.25, 0.3) is 0 Å².